The van der Waals surface area contributed by atoms with Crippen molar-refractivity contribution < 1.29 is 9.59 Å². The maximum Gasteiger partial charge on any atom is 0.253 e. The summed E-state index contributed by atoms with van der Waals surface area (Å²) in [7, 11) is 3.45. The van der Waals surface area contributed by atoms with Gasteiger partial charge in [-0.05, 0) is 24.6 Å². The summed E-state index contributed by atoms with van der Waals surface area (Å²) in [5.41, 5.74) is 0.238. The van der Waals surface area contributed by atoms with E-state index in [4.69, 9.17) is 23.2 Å². The molecule has 2 amide bonds. The number of benzene rings is 1. The monoisotopic (exact) mass is 271 g/mol. The van der Waals surface area contributed by atoms with Crippen molar-refractivity contribution in [2.45, 2.75) is 0 Å². The van der Waals surface area contributed by atoms with Crippen molar-refractivity contribution in [2.24, 2.45) is 0 Å². The number of rotatable bonds is 4. The van der Waals surface area contributed by atoms with Crippen LogP contribution in [-0.2, 0) is 4.79 Å². The second kappa shape index (κ2) is 6.52. The Morgan fingerprint density at radius 2 is 1.94 bits per heavy atom. The molecule has 1 rings (SSSR count). The molecule has 0 fully saturated rings. The van der Waals surface area contributed by atoms with Crippen LogP contribution >= 0.6 is 23.2 Å². The molecule has 0 saturated carbocycles. The van der Waals surface area contributed by atoms with Crippen LogP contribution in [0.2, 0.25) is 10.0 Å². The van der Waals surface area contributed by atoms with Gasteiger partial charge in [-0.25, -0.2) is 0 Å². The highest BCUT2D eigenvalue weighted by molar-refractivity contribution is 6.35. The molecule has 2 N–H and O–H groups in total. The van der Waals surface area contributed by atoms with E-state index in [0.29, 0.717) is 5.02 Å². The zero-order chi connectivity index (χ0) is 12.8. The van der Waals surface area contributed by atoms with Crippen LogP contribution in [0.4, 0.5) is 0 Å². The van der Waals surface area contributed by atoms with Crippen LogP contribution in [0.3, 0.4) is 0 Å². The van der Waals surface area contributed by atoms with Crippen LogP contribution < -0.4 is 10.6 Å². The van der Waals surface area contributed by atoms with Gasteiger partial charge >= 0.3 is 0 Å². The third-order valence-electron chi connectivity index (χ3n) is 1.90. The lowest BCUT2D eigenvalue weighted by atomic mass is 10.2. The highest BCUT2D eigenvalue weighted by atomic mass is 35.5. The quantitative estimate of drug-likeness (QED) is 0.792. The Bertz CT molecular complexity index is 440. The molecule has 0 aliphatic rings. The predicted molar refractivity (Wildman–Crippen MR) is 69.0 cm³/mol. The number of carbonyl (C=O) groups excluding carboxylic acids is 2. The van der Waals surface area contributed by atoms with E-state index in [1.807, 2.05) is 0 Å². The normalized spacial score (nSPS) is 9.76. The number of hydrogen-bond acceptors (Lipinski definition) is 2. The third kappa shape index (κ3) is 4.28. The van der Waals surface area contributed by atoms with Crippen molar-refractivity contribution in [3.05, 3.63) is 33.8 Å². The Hall–Kier alpha value is -1.20. The molecule has 89 valence electrons. The molecule has 0 bridgehead atoms. The molecule has 0 atom stereocenters. The number of carbonyl (C=O) groups is 2. The van der Waals surface area contributed by atoms with E-state index in [0.717, 1.165) is 0 Å². The second-order valence-electron chi connectivity index (χ2n) is 3.16. The second-order valence-corrected chi connectivity index (χ2v) is 4.00. The highest BCUT2D eigenvalue weighted by Gasteiger charge is 2.11. The first-order valence-corrected chi connectivity index (χ1v) is 5.59. The molecule has 0 saturated heterocycles. The average molecular weight is 272 g/mol. The summed E-state index contributed by atoms with van der Waals surface area (Å²) in [6, 6.07) is 4.55. The van der Waals surface area contributed by atoms with Crippen LogP contribution in [0.1, 0.15) is 10.4 Å². The molecule has 4 nitrogen and oxygen atoms in total. The van der Waals surface area contributed by atoms with Crippen molar-refractivity contribution in [1.82, 2.24) is 10.6 Å². The molecule has 0 spiro atoms. The molecular weight excluding hydrogens is 262 g/mol. The van der Waals surface area contributed by atoms with Crippen LogP contribution in [0, 0.1) is 0 Å². The molecule has 1 aromatic carbocycles. The van der Waals surface area contributed by atoms with Crippen molar-refractivity contribution in [2.75, 3.05) is 13.0 Å². The molecule has 17 heavy (non-hydrogen) atoms. The maximum absolute atomic E-state index is 11.7. The van der Waals surface area contributed by atoms with Gasteiger partial charge in [0.25, 0.3) is 5.91 Å². The van der Waals surface area contributed by atoms with Crippen LogP contribution in [0.15, 0.2) is 18.2 Å². The van der Waals surface area contributed by atoms with E-state index >= 15 is 0 Å². The van der Waals surface area contributed by atoms with Crippen molar-refractivity contribution in [1.29, 1.82) is 0 Å². The summed E-state index contributed by atoms with van der Waals surface area (Å²) >= 11 is 11.6. The molecule has 0 aliphatic heterocycles. The average Bonchev–Trinajstić information content (AvgIpc) is 2.29. The van der Waals surface area contributed by atoms with Gasteiger partial charge in [-0.2, -0.15) is 0 Å². The molecule has 0 aliphatic carbocycles. The Balaban J connectivity index is 2.64. The van der Waals surface area contributed by atoms with E-state index in [-0.39, 0.29) is 29.5 Å². The van der Waals surface area contributed by atoms with E-state index in [2.05, 4.69) is 18.5 Å². The zero-order valence-corrected chi connectivity index (χ0v) is 10.4. The largest absolute Gasteiger partial charge is 0.363 e. The number of nitrogens with one attached hydrogen (secondary N) is 2. The summed E-state index contributed by atoms with van der Waals surface area (Å²) in [5, 5.41) is 5.57. The summed E-state index contributed by atoms with van der Waals surface area (Å²) < 4.78 is 0. The Labute approximate surface area is 110 Å². The van der Waals surface area contributed by atoms with Gasteiger partial charge in [0, 0.05) is 5.02 Å². The Morgan fingerprint density at radius 1 is 1.24 bits per heavy atom. The number of hydrogen-bond donors (Lipinski definition) is 2. The molecule has 7 heteroatoms. The predicted octanol–water partition coefficient (Wildman–Crippen LogP) is 0.698. The summed E-state index contributed by atoms with van der Waals surface area (Å²) in [6.45, 7) is -0.128. The minimum Gasteiger partial charge on any atom is -0.363 e. The number of amides is 2. The van der Waals surface area contributed by atoms with E-state index < -0.39 is 5.91 Å². The van der Waals surface area contributed by atoms with Gasteiger partial charge in [0.1, 0.15) is 7.85 Å². The van der Waals surface area contributed by atoms with Gasteiger partial charge in [-0.1, -0.05) is 23.2 Å². The first-order valence-electron chi connectivity index (χ1n) is 4.83. The van der Waals surface area contributed by atoms with Crippen LogP contribution in [0.5, 0.6) is 0 Å². The van der Waals surface area contributed by atoms with Crippen LogP contribution in [-0.4, -0.2) is 32.6 Å². The van der Waals surface area contributed by atoms with E-state index in [1.165, 1.54) is 12.1 Å². The minimum atomic E-state index is -0.447. The lowest BCUT2D eigenvalue weighted by molar-refractivity contribution is -0.119. The fraction of sp³-hybridized carbons (Fsp3) is 0.200. The fourth-order valence-corrected chi connectivity index (χ4v) is 1.50. The first kappa shape index (κ1) is 13.9. The van der Waals surface area contributed by atoms with Crippen LogP contribution in [0.25, 0.3) is 0 Å². The molecule has 0 unspecified atom stereocenters. The Morgan fingerprint density at radius 3 is 2.59 bits per heavy atom. The van der Waals surface area contributed by atoms with Crippen molar-refractivity contribution >= 4 is 42.9 Å². The van der Waals surface area contributed by atoms with E-state index in [1.54, 1.807) is 6.07 Å². The van der Waals surface area contributed by atoms with Crippen molar-refractivity contribution in [3.8, 4) is 0 Å². The third-order valence-corrected chi connectivity index (χ3v) is 2.47. The van der Waals surface area contributed by atoms with Gasteiger partial charge in [0.05, 0.1) is 17.1 Å². The van der Waals surface area contributed by atoms with Gasteiger partial charge < -0.3 is 10.6 Å². The van der Waals surface area contributed by atoms with Gasteiger partial charge in [0.15, 0.2) is 0 Å². The lowest BCUT2D eigenvalue weighted by Gasteiger charge is -2.07. The lowest BCUT2D eigenvalue weighted by Crippen LogP contribution is -2.37. The van der Waals surface area contributed by atoms with Gasteiger partial charge in [-0.15, -0.1) is 0 Å². The maximum atomic E-state index is 11.7. The summed E-state index contributed by atoms with van der Waals surface area (Å²) in [6.07, 6.45) is 0.270. The Kier molecular flexibility index (Phi) is 5.32. The standard InChI is InChI=1S/C10H10BCl2N2O2/c11-5-15-9(16)4-14-10(17)7-3-6(12)1-2-8(7)13/h1-3,11H,4-5H2,(H,14,17)(H,15,16). The summed E-state index contributed by atoms with van der Waals surface area (Å²) in [4.78, 5) is 22.8. The van der Waals surface area contributed by atoms with Gasteiger partial charge in [-0.3, -0.25) is 9.59 Å². The van der Waals surface area contributed by atoms with Gasteiger partial charge in [0.2, 0.25) is 5.91 Å². The molecular formula is C10H10BCl2N2O2. The minimum absolute atomic E-state index is 0.128. The topological polar surface area (TPSA) is 58.2 Å². The SMILES string of the molecule is [BH]CNC(=O)CNC(=O)c1cc(Cl)ccc1Cl. The zero-order valence-electron chi connectivity index (χ0n) is 8.93. The molecule has 0 heterocycles. The van der Waals surface area contributed by atoms with Crippen molar-refractivity contribution in [3.63, 3.8) is 0 Å². The molecule has 1 radical (unpaired) electrons. The molecule has 1 aromatic rings. The van der Waals surface area contributed by atoms with E-state index in [9.17, 15) is 9.59 Å². The molecule has 0 aromatic heterocycles. The smallest absolute Gasteiger partial charge is 0.253 e. The number of halogens is 2. The first-order chi connectivity index (χ1) is 8.04. The summed E-state index contributed by atoms with van der Waals surface area (Å²) in [5.74, 6) is -0.761. The fourth-order valence-electron chi connectivity index (χ4n) is 1.13. The highest BCUT2D eigenvalue weighted by Crippen LogP contribution is 2.20.